The van der Waals surface area contributed by atoms with E-state index in [9.17, 15) is 14.7 Å². The maximum atomic E-state index is 12.6. The number of carboxylic acid groups (broad SMARTS) is 1. The lowest BCUT2D eigenvalue weighted by Gasteiger charge is -2.23. The van der Waals surface area contributed by atoms with Crippen molar-refractivity contribution in [3.8, 4) is 0 Å². The number of amides is 1. The zero-order valence-corrected chi connectivity index (χ0v) is 11.5. The molecule has 5 nitrogen and oxygen atoms in total. The second kappa shape index (κ2) is 4.66. The predicted octanol–water partition coefficient (Wildman–Crippen LogP) is 2.00. The van der Waals surface area contributed by atoms with Crippen molar-refractivity contribution >= 4 is 29.2 Å². The minimum Gasteiger partial charge on any atom is -0.481 e. The quantitative estimate of drug-likeness (QED) is 0.817. The molecule has 0 aromatic heterocycles. The molecule has 0 saturated carbocycles. The first-order chi connectivity index (χ1) is 9.49. The Kier molecular flexibility index (Phi) is 3.09. The van der Waals surface area contributed by atoms with Gasteiger partial charge in [0.1, 0.15) is 0 Å². The third-order valence-electron chi connectivity index (χ3n) is 4.33. The largest absolute Gasteiger partial charge is 0.481 e. The molecule has 0 radical (unpaired) electrons. The number of rotatable bonds is 2. The van der Waals surface area contributed by atoms with Crippen molar-refractivity contribution in [2.24, 2.45) is 5.92 Å². The SMILES string of the molecule is Nc1cc(C(=O)N2C3CCC2C(C(=O)O)C3)ccc1Cl. The molecule has 2 bridgehead atoms. The van der Waals surface area contributed by atoms with Gasteiger partial charge in [0, 0.05) is 17.6 Å². The second-order valence-corrected chi connectivity index (χ2v) is 5.83. The highest BCUT2D eigenvalue weighted by atomic mass is 35.5. The number of carboxylic acids is 1. The van der Waals surface area contributed by atoms with Gasteiger partial charge < -0.3 is 15.7 Å². The van der Waals surface area contributed by atoms with Gasteiger partial charge in [0.25, 0.3) is 5.91 Å². The van der Waals surface area contributed by atoms with Crippen LogP contribution in [0.3, 0.4) is 0 Å². The molecule has 2 aliphatic heterocycles. The van der Waals surface area contributed by atoms with Crippen LogP contribution >= 0.6 is 11.6 Å². The molecule has 3 N–H and O–H groups in total. The summed E-state index contributed by atoms with van der Waals surface area (Å²) in [6.45, 7) is 0. The Morgan fingerprint density at radius 2 is 2.10 bits per heavy atom. The summed E-state index contributed by atoms with van der Waals surface area (Å²) in [7, 11) is 0. The third-order valence-corrected chi connectivity index (χ3v) is 4.68. The van der Waals surface area contributed by atoms with Crippen LogP contribution in [-0.4, -0.2) is 34.0 Å². The van der Waals surface area contributed by atoms with Crippen LogP contribution in [-0.2, 0) is 4.79 Å². The Hall–Kier alpha value is -1.75. The summed E-state index contributed by atoms with van der Waals surface area (Å²) >= 11 is 5.85. The highest BCUT2D eigenvalue weighted by Crippen LogP contribution is 2.42. The number of fused-ring (bicyclic) bond motifs is 2. The summed E-state index contributed by atoms with van der Waals surface area (Å²) in [5, 5.41) is 9.62. The van der Waals surface area contributed by atoms with Gasteiger partial charge in [-0.05, 0) is 37.5 Å². The summed E-state index contributed by atoms with van der Waals surface area (Å²) in [5.74, 6) is -1.41. The third kappa shape index (κ3) is 1.93. The number of nitrogens with zero attached hydrogens (tertiary/aromatic N) is 1. The van der Waals surface area contributed by atoms with E-state index in [4.69, 9.17) is 17.3 Å². The Balaban J connectivity index is 1.88. The minimum atomic E-state index is -0.814. The van der Waals surface area contributed by atoms with Gasteiger partial charge >= 0.3 is 5.97 Å². The fourth-order valence-electron chi connectivity index (χ4n) is 3.40. The zero-order valence-electron chi connectivity index (χ0n) is 10.8. The highest BCUT2D eigenvalue weighted by molar-refractivity contribution is 6.33. The van der Waals surface area contributed by atoms with Crippen LogP contribution in [0.25, 0.3) is 0 Å². The van der Waals surface area contributed by atoms with Gasteiger partial charge in [0.05, 0.1) is 16.6 Å². The standard InChI is InChI=1S/C14H15ClN2O3/c15-10-3-1-7(5-11(10)16)13(18)17-8-2-4-12(17)9(6-8)14(19)20/h1,3,5,8-9,12H,2,4,6,16H2,(H,19,20). The zero-order chi connectivity index (χ0) is 14.4. The Labute approximate surface area is 121 Å². The number of carbonyl (C=O) groups is 2. The van der Waals surface area contributed by atoms with Crippen LogP contribution in [0.15, 0.2) is 18.2 Å². The summed E-state index contributed by atoms with van der Waals surface area (Å²) in [6, 6.07) is 4.62. The van der Waals surface area contributed by atoms with Crippen molar-refractivity contribution in [3.63, 3.8) is 0 Å². The molecule has 1 aromatic carbocycles. The summed E-state index contributed by atoms with van der Waals surface area (Å²) in [6.07, 6.45) is 2.19. The molecule has 2 fully saturated rings. The maximum absolute atomic E-state index is 12.6. The first-order valence-corrected chi connectivity index (χ1v) is 6.97. The normalized spacial score (nSPS) is 27.9. The molecule has 106 valence electrons. The number of hydrogen-bond acceptors (Lipinski definition) is 3. The summed E-state index contributed by atoms with van der Waals surface area (Å²) in [4.78, 5) is 25.5. The summed E-state index contributed by atoms with van der Waals surface area (Å²) in [5.41, 5.74) is 6.55. The van der Waals surface area contributed by atoms with Crippen LogP contribution in [0.5, 0.6) is 0 Å². The average molecular weight is 295 g/mol. The Morgan fingerprint density at radius 1 is 1.35 bits per heavy atom. The molecule has 3 unspecified atom stereocenters. The monoisotopic (exact) mass is 294 g/mol. The van der Waals surface area contributed by atoms with E-state index in [1.54, 1.807) is 23.1 Å². The van der Waals surface area contributed by atoms with Crippen molar-refractivity contribution in [3.05, 3.63) is 28.8 Å². The van der Waals surface area contributed by atoms with Gasteiger partial charge in [-0.3, -0.25) is 9.59 Å². The number of anilines is 1. The number of aliphatic carboxylic acids is 1. The van der Waals surface area contributed by atoms with Crippen LogP contribution in [0.1, 0.15) is 29.6 Å². The molecule has 20 heavy (non-hydrogen) atoms. The van der Waals surface area contributed by atoms with E-state index in [-0.39, 0.29) is 18.0 Å². The summed E-state index contributed by atoms with van der Waals surface area (Å²) < 4.78 is 0. The predicted molar refractivity (Wildman–Crippen MR) is 74.6 cm³/mol. The molecule has 2 heterocycles. The maximum Gasteiger partial charge on any atom is 0.308 e. The molecular weight excluding hydrogens is 280 g/mol. The first-order valence-electron chi connectivity index (χ1n) is 6.59. The molecule has 0 spiro atoms. The second-order valence-electron chi connectivity index (χ2n) is 5.43. The van der Waals surface area contributed by atoms with Crippen molar-refractivity contribution in [2.75, 3.05) is 5.73 Å². The van der Waals surface area contributed by atoms with Crippen LogP contribution < -0.4 is 5.73 Å². The van der Waals surface area contributed by atoms with E-state index in [1.165, 1.54) is 0 Å². The number of carbonyl (C=O) groups excluding carboxylic acids is 1. The fourth-order valence-corrected chi connectivity index (χ4v) is 3.51. The fraction of sp³-hybridized carbons (Fsp3) is 0.429. The molecule has 1 amide bonds. The van der Waals surface area contributed by atoms with E-state index in [0.29, 0.717) is 22.7 Å². The number of nitrogens with two attached hydrogens (primary N) is 1. The van der Waals surface area contributed by atoms with Gasteiger partial charge in [-0.2, -0.15) is 0 Å². The first kappa shape index (κ1) is 13.2. The smallest absolute Gasteiger partial charge is 0.308 e. The van der Waals surface area contributed by atoms with Gasteiger partial charge in [-0.15, -0.1) is 0 Å². The van der Waals surface area contributed by atoms with Gasteiger partial charge in [0.15, 0.2) is 0 Å². The molecule has 1 aromatic rings. The lowest BCUT2D eigenvalue weighted by molar-refractivity contribution is -0.142. The van der Waals surface area contributed by atoms with Crippen LogP contribution in [0, 0.1) is 5.92 Å². The number of hydrogen-bond donors (Lipinski definition) is 2. The van der Waals surface area contributed by atoms with Crippen LogP contribution in [0.2, 0.25) is 5.02 Å². The van der Waals surface area contributed by atoms with E-state index in [1.807, 2.05) is 0 Å². The van der Waals surface area contributed by atoms with Gasteiger partial charge in [-0.1, -0.05) is 11.6 Å². The lowest BCUT2D eigenvalue weighted by atomic mass is 9.89. The van der Waals surface area contributed by atoms with E-state index < -0.39 is 11.9 Å². The number of benzene rings is 1. The van der Waals surface area contributed by atoms with Crippen molar-refractivity contribution in [2.45, 2.75) is 31.3 Å². The van der Waals surface area contributed by atoms with Crippen molar-refractivity contribution in [1.82, 2.24) is 4.90 Å². The molecule has 2 aliphatic rings. The van der Waals surface area contributed by atoms with Crippen molar-refractivity contribution < 1.29 is 14.7 Å². The lowest BCUT2D eigenvalue weighted by Crippen LogP contribution is -2.37. The molecule has 0 aliphatic carbocycles. The minimum absolute atomic E-state index is 0.0329. The topological polar surface area (TPSA) is 83.6 Å². The Morgan fingerprint density at radius 3 is 2.70 bits per heavy atom. The van der Waals surface area contributed by atoms with Gasteiger partial charge in [0.2, 0.25) is 0 Å². The van der Waals surface area contributed by atoms with E-state index in [0.717, 1.165) is 12.8 Å². The van der Waals surface area contributed by atoms with E-state index in [2.05, 4.69) is 0 Å². The molecule has 6 heteroatoms. The number of nitrogen functional groups attached to an aromatic ring is 1. The highest BCUT2D eigenvalue weighted by Gasteiger charge is 2.51. The molecule has 3 atom stereocenters. The van der Waals surface area contributed by atoms with Crippen molar-refractivity contribution in [1.29, 1.82) is 0 Å². The Bertz CT molecular complexity index is 590. The average Bonchev–Trinajstić information content (AvgIpc) is 2.98. The number of halogens is 1. The molecule has 2 saturated heterocycles. The van der Waals surface area contributed by atoms with Gasteiger partial charge in [-0.25, -0.2) is 0 Å². The van der Waals surface area contributed by atoms with Crippen LogP contribution in [0.4, 0.5) is 5.69 Å². The molecular formula is C14H15ClN2O3. The molecule has 3 rings (SSSR count). The van der Waals surface area contributed by atoms with E-state index >= 15 is 0 Å².